The van der Waals surface area contributed by atoms with E-state index < -0.39 is 5.41 Å². The first-order valence-electron chi connectivity index (χ1n) is 8.69. The van der Waals surface area contributed by atoms with Gasteiger partial charge in [0.25, 0.3) is 0 Å². The van der Waals surface area contributed by atoms with Gasteiger partial charge < -0.3 is 0 Å². The average Bonchev–Trinajstić information content (AvgIpc) is 3.30. The number of carbonyl (C=O) groups is 2. The van der Waals surface area contributed by atoms with Crippen molar-refractivity contribution in [1.82, 2.24) is 0 Å². The van der Waals surface area contributed by atoms with Crippen LogP contribution in [-0.2, 0) is 0 Å². The van der Waals surface area contributed by atoms with Crippen molar-refractivity contribution in [2.24, 2.45) is 11.3 Å². The maximum absolute atomic E-state index is 13.2. The molecule has 24 heavy (non-hydrogen) atoms. The lowest BCUT2D eigenvalue weighted by molar-refractivity contribution is 0.0645. The number of hydrogen-bond donors (Lipinski definition) is 0. The van der Waals surface area contributed by atoms with Gasteiger partial charge in [0.05, 0.1) is 15.2 Å². The second-order valence-corrected chi connectivity index (χ2v) is 8.46. The largest absolute Gasteiger partial charge is 0.292 e. The third-order valence-corrected chi connectivity index (χ3v) is 6.47. The van der Waals surface area contributed by atoms with Gasteiger partial charge in [-0.25, -0.2) is 0 Å². The van der Waals surface area contributed by atoms with E-state index in [4.69, 9.17) is 0 Å². The van der Waals surface area contributed by atoms with Crippen LogP contribution in [0.4, 0.5) is 0 Å². The minimum atomic E-state index is -0.968. The SMILES string of the molecule is CCCCC(CC)CC(C)(C(=O)c1cccs1)C(=O)c1cccs1. The minimum absolute atomic E-state index is 0.0224. The van der Waals surface area contributed by atoms with Crippen molar-refractivity contribution in [3.63, 3.8) is 0 Å². The van der Waals surface area contributed by atoms with E-state index in [1.807, 2.05) is 41.9 Å². The summed E-state index contributed by atoms with van der Waals surface area (Å²) in [6.07, 6.45) is 5.01. The van der Waals surface area contributed by atoms with E-state index in [0.717, 1.165) is 25.7 Å². The van der Waals surface area contributed by atoms with Gasteiger partial charge in [0.15, 0.2) is 11.6 Å². The topological polar surface area (TPSA) is 34.1 Å². The molecule has 0 aromatic carbocycles. The van der Waals surface area contributed by atoms with Gasteiger partial charge in [-0.2, -0.15) is 0 Å². The highest BCUT2D eigenvalue weighted by atomic mass is 32.1. The average molecular weight is 363 g/mol. The molecule has 0 radical (unpaired) electrons. The number of Topliss-reactive ketones (excluding diaryl/α,β-unsaturated/α-hetero) is 2. The fourth-order valence-corrected chi connectivity index (χ4v) is 4.75. The van der Waals surface area contributed by atoms with Crippen LogP contribution in [0.1, 0.15) is 72.2 Å². The van der Waals surface area contributed by atoms with E-state index in [1.165, 1.54) is 22.7 Å². The molecular weight excluding hydrogens is 336 g/mol. The van der Waals surface area contributed by atoms with Gasteiger partial charge in [-0.3, -0.25) is 9.59 Å². The van der Waals surface area contributed by atoms with Crippen LogP contribution < -0.4 is 0 Å². The summed E-state index contributed by atoms with van der Waals surface area (Å²) in [5.41, 5.74) is -0.968. The summed E-state index contributed by atoms with van der Waals surface area (Å²) in [6.45, 7) is 6.19. The minimum Gasteiger partial charge on any atom is -0.292 e. The van der Waals surface area contributed by atoms with E-state index in [-0.39, 0.29) is 11.6 Å². The van der Waals surface area contributed by atoms with E-state index >= 15 is 0 Å². The fourth-order valence-electron chi connectivity index (χ4n) is 3.17. The lowest BCUT2D eigenvalue weighted by Crippen LogP contribution is -2.38. The molecule has 0 aliphatic rings. The zero-order valence-corrected chi connectivity index (χ0v) is 16.3. The van der Waals surface area contributed by atoms with E-state index in [1.54, 1.807) is 0 Å². The molecule has 4 heteroatoms. The highest BCUT2D eigenvalue weighted by Crippen LogP contribution is 2.38. The van der Waals surface area contributed by atoms with E-state index in [9.17, 15) is 9.59 Å². The molecule has 0 aliphatic carbocycles. The normalized spacial score (nSPS) is 13.0. The Balaban J connectivity index is 2.33. The zero-order chi connectivity index (χ0) is 17.6. The number of thiophene rings is 2. The number of rotatable bonds is 10. The molecule has 2 aromatic rings. The Hall–Kier alpha value is -1.26. The van der Waals surface area contributed by atoms with E-state index in [0.29, 0.717) is 22.1 Å². The van der Waals surface area contributed by atoms with Gasteiger partial charge >= 0.3 is 0 Å². The molecule has 0 N–H and O–H groups in total. The summed E-state index contributed by atoms with van der Waals surface area (Å²) in [6, 6.07) is 7.42. The molecule has 0 spiro atoms. The van der Waals surface area contributed by atoms with Crippen molar-refractivity contribution < 1.29 is 9.59 Å². The molecule has 1 unspecified atom stereocenters. The van der Waals surface area contributed by atoms with Gasteiger partial charge in [0, 0.05) is 0 Å². The predicted octanol–water partition coefficient (Wildman–Crippen LogP) is 6.49. The molecule has 2 nitrogen and oxygen atoms in total. The fraction of sp³-hybridized carbons (Fsp3) is 0.500. The Morgan fingerprint density at radius 1 is 1.04 bits per heavy atom. The molecule has 130 valence electrons. The molecule has 2 aromatic heterocycles. The third kappa shape index (κ3) is 4.22. The highest BCUT2D eigenvalue weighted by Gasteiger charge is 2.43. The quantitative estimate of drug-likeness (QED) is 0.358. The number of carbonyl (C=O) groups excluding carboxylic acids is 2. The summed E-state index contributed by atoms with van der Waals surface area (Å²) >= 11 is 2.85. The molecule has 0 saturated carbocycles. The first-order chi connectivity index (χ1) is 11.5. The van der Waals surface area contributed by atoms with Gasteiger partial charge in [-0.1, -0.05) is 51.7 Å². The van der Waals surface area contributed by atoms with Gasteiger partial charge in [-0.15, -0.1) is 22.7 Å². The van der Waals surface area contributed by atoms with Crippen LogP contribution in [0.5, 0.6) is 0 Å². The summed E-state index contributed by atoms with van der Waals surface area (Å²) in [7, 11) is 0. The molecule has 0 saturated heterocycles. The van der Waals surface area contributed by atoms with Crippen LogP contribution >= 0.6 is 22.7 Å². The maximum Gasteiger partial charge on any atom is 0.186 e. The Morgan fingerprint density at radius 3 is 1.96 bits per heavy atom. The molecule has 0 amide bonds. The highest BCUT2D eigenvalue weighted by molar-refractivity contribution is 7.13. The van der Waals surface area contributed by atoms with Gasteiger partial charge in [0.1, 0.15) is 0 Å². The van der Waals surface area contributed by atoms with Crippen LogP contribution in [0.3, 0.4) is 0 Å². The van der Waals surface area contributed by atoms with Gasteiger partial charge in [0.2, 0.25) is 0 Å². The Bertz CT molecular complexity index is 595. The van der Waals surface area contributed by atoms with Crippen LogP contribution in [-0.4, -0.2) is 11.6 Å². The molecule has 0 bridgehead atoms. The molecule has 0 fully saturated rings. The van der Waals surface area contributed by atoms with Crippen LogP contribution in [0.25, 0.3) is 0 Å². The maximum atomic E-state index is 13.2. The summed E-state index contributed by atoms with van der Waals surface area (Å²) < 4.78 is 0. The zero-order valence-electron chi connectivity index (χ0n) is 14.7. The lowest BCUT2D eigenvalue weighted by atomic mass is 9.71. The van der Waals surface area contributed by atoms with Crippen molar-refractivity contribution >= 4 is 34.2 Å². The standard InChI is InChI=1S/C20H26O2S2/c1-4-6-9-15(5-2)14-20(3,18(21)16-10-7-12-23-16)19(22)17-11-8-13-24-17/h7-8,10-13,15H,4-6,9,14H2,1-3H3. The smallest absolute Gasteiger partial charge is 0.186 e. The van der Waals surface area contributed by atoms with Crippen LogP contribution in [0.2, 0.25) is 0 Å². The second-order valence-electron chi connectivity index (χ2n) is 6.57. The Kier molecular flexibility index (Phi) is 6.93. The molecular formula is C20H26O2S2. The number of ketones is 2. The first kappa shape index (κ1) is 19.1. The van der Waals surface area contributed by atoms with Crippen molar-refractivity contribution in [1.29, 1.82) is 0 Å². The lowest BCUT2D eigenvalue weighted by Gasteiger charge is -2.30. The van der Waals surface area contributed by atoms with Crippen LogP contribution in [0, 0.1) is 11.3 Å². The summed E-state index contributed by atoms with van der Waals surface area (Å²) in [5, 5.41) is 3.80. The second kappa shape index (κ2) is 8.72. The molecule has 0 aliphatic heterocycles. The Labute approximate surface area is 152 Å². The van der Waals surface area contributed by atoms with Crippen LogP contribution in [0.15, 0.2) is 35.0 Å². The molecule has 2 heterocycles. The van der Waals surface area contributed by atoms with Crippen molar-refractivity contribution in [2.75, 3.05) is 0 Å². The third-order valence-electron chi connectivity index (χ3n) is 4.73. The Morgan fingerprint density at radius 2 is 1.58 bits per heavy atom. The van der Waals surface area contributed by atoms with Gasteiger partial charge in [-0.05, 0) is 42.2 Å². The summed E-state index contributed by atoms with van der Waals surface area (Å²) in [4.78, 5) is 27.7. The van der Waals surface area contributed by atoms with E-state index in [2.05, 4.69) is 13.8 Å². The number of unbranched alkanes of at least 4 members (excludes halogenated alkanes) is 1. The van der Waals surface area contributed by atoms with Crippen molar-refractivity contribution in [3.8, 4) is 0 Å². The first-order valence-corrected chi connectivity index (χ1v) is 10.5. The van der Waals surface area contributed by atoms with Crippen molar-refractivity contribution in [2.45, 2.75) is 52.9 Å². The monoisotopic (exact) mass is 362 g/mol. The van der Waals surface area contributed by atoms with Crippen molar-refractivity contribution in [3.05, 3.63) is 44.8 Å². The predicted molar refractivity (Wildman–Crippen MR) is 103 cm³/mol. The number of hydrogen-bond acceptors (Lipinski definition) is 4. The molecule has 1 atom stereocenters. The molecule has 2 rings (SSSR count). The summed E-state index contributed by atoms with van der Waals surface area (Å²) in [5.74, 6) is 0.361.